The van der Waals surface area contributed by atoms with E-state index in [1.54, 1.807) is 6.07 Å². The zero-order valence-corrected chi connectivity index (χ0v) is 10.3. The van der Waals surface area contributed by atoms with Gasteiger partial charge in [-0.3, -0.25) is 4.79 Å². The molecule has 0 unspecified atom stereocenters. The fraction of sp³-hybridized carbons (Fsp3) is 0.417. The number of phenolic OH excluding ortho intramolecular Hbond substituents is 1. The number of hydrogen-bond acceptors (Lipinski definition) is 5. The van der Waals surface area contributed by atoms with E-state index < -0.39 is 0 Å². The van der Waals surface area contributed by atoms with Crippen molar-refractivity contribution in [3.8, 4) is 11.5 Å². The third kappa shape index (κ3) is 4.23. The van der Waals surface area contributed by atoms with E-state index in [0.29, 0.717) is 32.1 Å². The molecule has 0 saturated carbocycles. The van der Waals surface area contributed by atoms with Crippen molar-refractivity contribution in [3.05, 3.63) is 23.8 Å². The molecule has 0 saturated heterocycles. The number of nitrogens with one attached hydrogen (secondary N) is 1. The van der Waals surface area contributed by atoms with E-state index in [9.17, 15) is 9.90 Å². The fourth-order valence-corrected chi connectivity index (χ4v) is 1.35. The van der Waals surface area contributed by atoms with Gasteiger partial charge in [0, 0.05) is 19.2 Å². The topological polar surface area (TPSA) is 93.8 Å². The lowest BCUT2D eigenvalue weighted by Crippen LogP contribution is -2.27. The highest BCUT2D eigenvalue weighted by Gasteiger charge is 2.11. The van der Waals surface area contributed by atoms with Crippen molar-refractivity contribution in [2.24, 2.45) is 5.73 Å². The second-order valence-corrected chi connectivity index (χ2v) is 3.54. The highest BCUT2D eigenvalue weighted by atomic mass is 16.5. The zero-order chi connectivity index (χ0) is 13.4. The molecule has 0 fully saturated rings. The van der Waals surface area contributed by atoms with Gasteiger partial charge in [-0.15, -0.1) is 0 Å². The summed E-state index contributed by atoms with van der Waals surface area (Å²) in [5.41, 5.74) is 5.45. The number of hydrogen-bond donors (Lipinski definition) is 3. The number of methoxy groups -OCH3 is 1. The van der Waals surface area contributed by atoms with Crippen LogP contribution >= 0.6 is 0 Å². The van der Waals surface area contributed by atoms with Gasteiger partial charge in [-0.1, -0.05) is 0 Å². The number of amides is 1. The molecular weight excluding hydrogens is 236 g/mol. The highest BCUT2D eigenvalue weighted by Crippen LogP contribution is 2.22. The predicted molar refractivity (Wildman–Crippen MR) is 66.9 cm³/mol. The molecule has 1 aromatic rings. The standard InChI is InChI=1S/C12H18N2O4/c1-17-9-2-3-10(11(15)8-9)12(16)14-5-7-18-6-4-13/h2-3,8,15H,4-7,13H2,1H3,(H,14,16). The van der Waals surface area contributed by atoms with Crippen LogP contribution in [0.5, 0.6) is 11.5 Å². The molecule has 100 valence electrons. The molecule has 0 bridgehead atoms. The zero-order valence-electron chi connectivity index (χ0n) is 10.3. The molecule has 0 radical (unpaired) electrons. The Labute approximate surface area is 106 Å². The lowest BCUT2D eigenvalue weighted by molar-refractivity contribution is 0.0917. The predicted octanol–water partition coefficient (Wildman–Crippen LogP) is 0.106. The normalized spacial score (nSPS) is 10.1. The first-order chi connectivity index (χ1) is 8.69. The van der Waals surface area contributed by atoms with Crippen LogP contribution in [0.25, 0.3) is 0 Å². The van der Waals surface area contributed by atoms with E-state index in [4.69, 9.17) is 15.2 Å². The Morgan fingerprint density at radius 2 is 2.22 bits per heavy atom. The number of benzene rings is 1. The lowest BCUT2D eigenvalue weighted by atomic mass is 10.2. The molecule has 0 atom stereocenters. The van der Waals surface area contributed by atoms with Crippen LogP contribution in [0.15, 0.2) is 18.2 Å². The average molecular weight is 254 g/mol. The lowest BCUT2D eigenvalue weighted by Gasteiger charge is -2.08. The van der Waals surface area contributed by atoms with Gasteiger partial charge in [-0.2, -0.15) is 0 Å². The van der Waals surface area contributed by atoms with Gasteiger partial charge >= 0.3 is 0 Å². The first-order valence-electron chi connectivity index (χ1n) is 5.62. The number of carbonyl (C=O) groups excluding carboxylic acids is 1. The molecule has 18 heavy (non-hydrogen) atoms. The Bertz CT molecular complexity index is 396. The van der Waals surface area contributed by atoms with Crippen molar-refractivity contribution < 1.29 is 19.4 Å². The second kappa shape index (κ2) is 7.52. The van der Waals surface area contributed by atoms with Gasteiger partial charge in [-0.05, 0) is 12.1 Å². The first-order valence-corrected chi connectivity index (χ1v) is 5.62. The summed E-state index contributed by atoms with van der Waals surface area (Å²) in [6.07, 6.45) is 0. The minimum atomic E-state index is -0.355. The first kappa shape index (κ1) is 14.3. The van der Waals surface area contributed by atoms with Crippen molar-refractivity contribution in [3.63, 3.8) is 0 Å². The van der Waals surface area contributed by atoms with Crippen LogP contribution in [-0.4, -0.2) is 44.4 Å². The molecule has 1 rings (SSSR count). The van der Waals surface area contributed by atoms with Crippen LogP contribution in [0.3, 0.4) is 0 Å². The highest BCUT2D eigenvalue weighted by molar-refractivity contribution is 5.96. The smallest absolute Gasteiger partial charge is 0.255 e. The molecular formula is C12H18N2O4. The molecule has 6 nitrogen and oxygen atoms in total. The maximum atomic E-state index is 11.7. The number of nitrogens with two attached hydrogens (primary N) is 1. The molecule has 1 aromatic carbocycles. The molecule has 6 heteroatoms. The van der Waals surface area contributed by atoms with Gasteiger partial charge in [0.1, 0.15) is 11.5 Å². The Morgan fingerprint density at radius 3 is 2.83 bits per heavy atom. The summed E-state index contributed by atoms with van der Waals surface area (Å²) < 4.78 is 10.0. The number of rotatable bonds is 7. The quantitative estimate of drug-likeness (QED) is 0.600. The fourth-order valence-electron chi connectivity index (χ4n) is 1.35. The van der Waals surface area contributed by atoms with Gasteiger partial charge in [0.25, 0.3) is 5.91 Å². The minimum Gasteiger partial charge on any atom is -0.507 e. The van der Waals surface area contributed by atoms with Crippen LogP contribution in [0.1, 0.15) is 10.4 Å². The van der Waals surface area contributed by atoms with Gasteiger partial charge in [-0.25, -0.2) is 0 Å². The van der Waals surface area contributed by atoms with Crippen molar-refractivity contribution >= 4 is 5.91 Å². The monoisotopic (exact) mass is 254 g/mol. The Morgan fingerprint density at radius 1 is 1.44 bits per heavy atom. The van der Waals surface area contributed by atoms with Crippen LogP contribution in [0.4, 0.5) is 0 Å². The number of carbonyl (C=O) groups is 1. The molecule has 0 aliphatic heterocycles. The Kier molecular flexibility index (Phi) is 5.96. The third-order valence-corrected chi connectivity index (χ3v) is 2.24. The molecule has 1 amide bonds. The SMILES string of the molecule is COc1ccc(C(=O)NCCOCCN)c(O)c1. The van der Waals surface area contributed by atoms with Gasteiger partial charge in [0.2, 0.25) is 0 Å². The van der Waals surface area contributed by atoms with Gasteiger partial charge in [0.05, 0.1) is 25.9 Å². The van der Waals surface area contributed by atoms with E-state index in [-0.39, 0.29) is 17.2 Å². The van der Waals surface area contributed by atoms with Crippen molar-refractivity contribution in [2.75, 3.05) is 33.4 Å². The van der Waals surface area contributed by atoms with E-state index in [0.717, 1.165) is 0 Å². The summed E-state index contributed by atoms with van der Waals surface area (Å²) in [6, 6.07) is 4.50. The number of phenols is 1. The summed E-state index contributed by atoms with van der Waals surface area (Å²) in [5.74, 6) is 0.0246. The summed E-state index contributed by atoms with van der Waals surface area (Å²) in [7, 11) is 1.49. The largest absolute Gasteiger partial charge is 0.507 e. The number of aromatic hydroxyl groups is 1. The summed E-state index contributed by atoms with van der Waals surface area (Å²) >= 11 is 0. The van der Waals surface area contributed by atoms with Crippen LogP contribution in [0.2, 0.25) is 0 Å². The molecule has 0 heterocycles. The van der Waals surface area contributed by atoms with E-state index in [2.05, 4.69) is 5.32 Å². The minimum absolute atomic E-state index is 0.116. The molecule has 0 spiro atoms. The average Bonchev–Trinajstić information content (AvgIpc) is 2.38. The molecule has 0 aromatic heterocycles. The second-order valence-electron chi connectivity index (χ2n) is 3.54. The van der Waals surface area contributed by atoms with Crippen molar-refractivity contribution in [1.82, 2.24) is 5.32 Å². The van der Waals surface area contributed by atoms with Gasteiger partial charge in [0.15, 0.2) is 0 Å². The maximum Gasteiger partial charge on any atom is 0.255 e. The van der Waals surface area contributed by atoms with E-state index >= 15 is 0 Å². The van der Waals surface area contributed by atoms with Crippen LogP contribution < -0.4 is 15.8 Å². The van der Waals surface area contributed by atoms with E-state index in [1.807, 2.05) is 0 Å². The summed E-state index contributed by atoms with van der Waals surface area (Å²) in [4.78, 5) is 11.7. The van der Waals surface area contributed by atoms with Crippen molar-refractivity contribution in [1.29, 1.82) is 0 Å². The summed E-state index contributed by atoms with van der Waals surface area (Å²) in [5, 5.41) is 12.3. The third-order valence-electron chi connectivity index (χ3n) is 2.24. The maximum absolute atomic E-state index is 11.7. The molecule has 0 aliphatic carbocycles. The number of ether oxygens (including phenoxy) is 2. The molecule has 0 aliphatic rings. The molecule has 4 N–H and O–H groups in total. The van der Waals surface area contributed by atoms with Gasteiger partial charge < -0.3 is 25.6 Å². The van der Waals surface area contributed by atoms with Crippen LogP contribution in [0, 0.1) is 0 Å². The summed E-state index contributed by atoms with van der Waals surface area (Å²) in [6.45, 7) is 1.67. The van der Waals surface area contributed by atoms with Crippen LogP contribution in [-0.2, 0) is 4.74 Å². The Balaban J connectivity index is 2.46. The van der Waals surface area contributed by atoms with Crippen molar-refractivity contribution in [2.45, 2.75) is 0 Å². The Hall–Kier alpha value is -1.79. The van der Waals surface area contributed by atoms with E-state index in [1.165, 1.54) is 19.2 Å².